The summed E-state index contributed by atoms with van der Waals surface area (Å²) in [5.41, 5.74) is 7.37. The van der Waals surface area contributed by atoms with Crippen molar-refractivity contribution in [3.8, 4) is 5.75 Å². The fourth-order valence-corrected chi connectivity index (χ4v) is 3.81. The van der Waals surface area contributed by atoms with Crippen LogP contribution in [0.25, 0.3) is 0 Å². The first-order valence-corrected chi connectivity index (χ1v) is 9.26. The predicted octanol–water partition coefficient (Wildman–Crippen LogP) is 2.65. The number of nitrogens with two attached hydrogens (primary N) is 1. The van der Waals surface area contributed by atoms with Crippen LogP contribution in [0.2, 0.25) is 0 Å². The third-order valence-corrected chi connectivity index (χ3v) is 5.19. The molecule has 0 bridgehead atoms. The van der Waals surface area contributed by atoms with E-state index in [0.717, 1.165) is 18.9 Å². The van der Waals surface area contributed by atoms with Gasteiger partial charge in [0.1, 0.15) is 12.4 Å². The molecule has 0 amide bonds. The first-order valence-electron chi connectivity index (χ1n) is 9.26. The molecule has 2 aliphatic rings. The Morgan fingerprint density at radius 1 is 0.913 bits per heavy atom. The van der Waals surface area contributed by atoms with Crippen molar-refractivity contribution in [3.05, 3.63) is 29.8 Å². The maximum absolute atomic E-state index is 6.05. The Morgan fingerprint density at radius 2 is 1.57 bits per heavy atom. The van der Waals surface area contributed by atoms with Gasteiger partial charge in [-0.1, -0.05) is 18.6 Å². The van der Waals surface area contributed by atoms with Crippen molar-refractivity contribution < 1.29 is 4.74 Å². The van der Waals surface area contributed by atoms with Crippen LogP contribution < -0.4 is 10.5 Å². The van der Waals surface area contributed by atoms with Gasteiger partial charge in [-0.15, -0.1) is 0 Å². The van der Waals surface area contributed by atoms with Gasteiger partial charge in [0.25, 0.3) is 0 Å². The van der Waals surface area contributed by atoms with E-state index in [1.54, 1.807) is 0 Å². The minimum Gasteiger partial charge on any atom is -0.492 e. The van der Waals surface area contributed by atoms with E-state index < -0.39 is 0 Å². The minimum absolute atomic E-state index is 0.356. The molecule has 0 spiro atoms. The van der Waals surface area contributed by atoms with Crippen LogP contribution in [0.3, 0.4) is 0 Å². The number of hydrogen-bond acceptors (Lipinski definition) is 4. The van der Waals surface area contributed by atoms with E-state index in [9.17, 15) is 0 Å². The molecule has 2 heterocycles. The van der Waals surface area contributed by atoms with Crippen molar-refractivity contribution in [1.82, 2.24) is 9.80 Å². The molecule has 0 radical (unpaired) electrons. The highest BCUT2D eigenvalue weighted by Gasteiger charge is 2.20. The molecule has 4 heteroatoms. The normalized spacial score (nSPS) is 21.4. The highest BCUT2D eigenvalue weighted by Crippen LogP contribution is 2.25. The lowest BCUT2D eigenvalue weighted by Crippen LogP contribution is -2.37. The summed E-state index contributed by atoms with van der Waals surface area (Å²) < 4.78 is 5.90. The molecule has 2 fully saturated rings. The number of rotatable bonds is 7. The van der Waals surface area contributed by atoms with E-state index in [0.29, 0.717) is 12.6 Å². The molecular formula is C19H31N3O. The number of benzene rings is 1. The monoisotopic (exact) mass is 317 g/mol. The molecule has 23 heavy (non-hydrogen) atoms. The van der Waals surface area contributed by atoms with Crippen LogP contribution in [0.4, 0.5) is 0 Å². The first-order chi connectivity index (χ1) is 11.4. The summed E-state index contributed by atoms with van der Waals surface area (Å²) in [5, 5.41) is 0. The Morgan fingerprint density at radius 3 is 2.22 bits per heavy atom. The van der Waals surface area contributed by atoms with Crippen LogP contribution >= 0.6 is 0 Å². The van der Waals surface area contributed by atoms with E-state index in [-0.39, 0.29) is 0 Å². The lowest BCUT2D eigenvalue weighted by Gasteiger charge is -2.34. The van der Waals surface area contributed by atoms with Crippen LogP contribution in [-0.4, -0.2) is 55.7 Å². The summed E-state index contributed by atoms with van der Waals surface area (Å²) in [5.74, 6) is 0.974. The van der Waals surface area contributed by atoms with Gasteiger partial charge < -0.3 is 10.5 Å². The SMILES string of the molecule is NCC(c1ccc(OCCN2CCCC2)cc1)N1CCCCC1. The molecular weight excluding hydrogens is 286 g/mol. The molecule has 4 nitrogen and oxygen atoms in total. The van der Waals surface area contributed by atoms with Crippen molar-refractivity contribution in [2.75, 3.05) is 45.9 Å². The molecule has 1 aromatic rings. The smallest absolute Gasteiger partial charge is 0.119 e. The average molecular weight is 317 g/mol. The minimum atomic E-state index is 0.356. The van der Waals surface area contributed by atoms with Crippen LogP contribution in [0.5, 0.6) is 5.75 Å². The predicted molar refractivity (Wildman–Crippen MR) is 94.8 cm³/mol. The van der Waals surface area contributed by atoms with E-state index in [1.807, 2.05) is 0 Å². The van der Waals surface area contributed by atoms with Crippen LogP contribution in [-0.2, 0) is 0 Å². The number of piperidine rings is 1. The van der Waals surface area contributed by atoms with E-state index in [4.69, 9.17) is 10.5 Å². The highest BCUT2D eigenvalue weighted by molar-refractivity contribution is 5.29. The maximum atomic E-state index is 6.05. The Hall–Kier alpha value is -1.10. The van der Waals surface area contributed by atoms with Crippen molar-refractivity contribution >= 4 is 0 Å². The summed E-state index contributed by atoms with van der Waals surface area (Å²) in [4.78, 5) is 5.02. The molecule has 1 aromatic carbocycles. The molecule has 3 rings (SSSR count). The number of ether oxygens (including phenoxy) is 1. The quantitative estimate of drug-likeness (QED) is 0.839. The molecule has 0 aromatic heterocycles. The molecule has 2 aliphatic heterocycles. The Bertz CT molecular complexity index is 450. The Labute approximate surface area is 140 Å². The number of hydrogen-bond donors (Lipinski definition) is 1. The molecule has 1 unspecified atom stereocenters. The van der Waals surface area contributed by atoms with Gasteiger partial charge in [0.15, 0.2) is 0 Å². The average Bonchev–Trinajstić information content (AvgIpc) is 3.11. The summed E-state index contributed by atoms with van der Waals surface area (Å²) >= 11 is 0. The van der Waals surface area contributed by atoms with Gasteiger partial charge in [-0.25, -0.2) is 0 Å². The van der Waals surface area contributed by atoms with Gasteiger partial charge in [0.05, 0.1) is 0 Å². The molecule has 128 valence electrons. The summed E-state index contributed by atoms with van der Waals surface area (Å²) in [7, 11) is 0. The van der Waals surface area contributed by atoms with Crippen LogP contribution in [0, 0.1) is 0 Å². The molecule has 0 aliphatic carbocycles. The number of nitrogens with zero attached hydrogens (tertiary/aromatic N) is 2. The second kappa shape index (κ2) is 8.67. The van der Waals surface area contributed by atoms with Crippen LogP contribution in [0.15, 0.2) is 24.3 Å². The van der Waals surface area contributed by atoms with Gasteiger partial charge in [-0.2, -0.15) is 0 Å². The summed E-state index contributed by atoms with van der Waals surface area (Å²) in [6, 6.07) is 8.95. The zero-order valence-electron chi connectivity index (χ0n) is 14.3. The molecule has 1 atom stereocenters. The van der Waals surface area contributed by atoms with Gasteiger partial charge in [0, 0.05) is 19.1 Å². The van der Waals surface area contributed by atoms with Crippen molar-refractivity contribution in [2.45, 2.75) is 38.1 Å². The third kappa shape index (κ3) is 4.69. The fraction of sp³-hybridized carbons (Fsp3) is 0.684. The lowest BCUT2D eigenvalue weighted by atomic mass is 10.0. The van der Waals surface area contributed by atoms with Crippen LogP contribution in [0.1, 0.15) is 43.7 Å². The first kappa shape index (κ1) is 16.7. The zero-order chi connectivity index (χ0) is 15.9. The summed E-state index contributed by atoms with van der Waals surface area (Å²) in [6.45, 7) is 7.33. The maximum Gasteiger partial charge on any atom is 0.119 e. The van der Waals surface area contributed by atoms with E-state index >= 15 is 0 Å². The largest absolute Gasteiger partial charge is 0.492 e. The van der Waals surface area contributed by atoms with Gasteiger partial charge in [0.2, 0.25) is 0 Å². The third-order valence-electron chi connectivity index (χ3n) is 5.19. The Balaban J connectivity index is 1.50. The second-order valence-corrected chi connectivity index (χ2v) is 6.81. The fourth-order valence-electron chi connectivity index (χ4n) is 3.81. The van der Waals surface area contributed by atoms with Gasteiger partial charge in [-0.3, -0.25) is 9.80 Å². The van der Waals surface area contributed by atoms with E-state index in [2.05, 4.69) is 34.1 Å². The van der Waals surface area contributed by atoms with E-state index in [1.165, 1.54) is 63.8 Å². The molecule has 0 saturated carbocycles. The zero-order valence-corrected chi connectivity index (χ0v) is 14.3. The molecule has 2 saturated heterocycles. The molecule has 2 N–H and O–H groups in total. The van der Waals surface area contributed by atoms with Crippen molar-refractivity contribution in [3.63, 3.8) is 0 Å². The summed E-state index contributed by atoms with van der Waals surface area (Å²) in [6.07, 6.45) is 6.64. The van der Waals surface area contributed by atoms with Gasteiger partial charge >= 0.3 is 0 Å². The topological polar surface area (TPSA) is 41.7 Å². The lowest BCUT2D eigenvalue weighted by molar-refractivity contribution is 0.167. The van der Waals surface area contributed by atoms with Crippen molar-refractivity contribution in [1.29, 1.82) is 0 Å². The standard InChI is InChI=1S/C19H31N3O/c20-16-19(22-12-2-1-3-13-22)17-6-8-18(9-7-17)23-15-14-21-10-4-5-11-21/h6-9,19H,1-5,10-16,20H2. The second-order valence-electron chi connectivity index (χ2n) is 6.81. The van der Waals surface area contributed by atoms with Crippen molar-refractivity contribution in [2.24, 2.45) is 5.73 Å². The highest BCUT2D eigenvalue weighted by atomic mass is 16.5. The Kier molecular flexibility index (Phi) is 6.31. The number of likely N-dealkylation sites (tertiary alicyclic amines) is 2. The van der Waals surface area contributed by atoms with Gasteiger partial charge in [-0.05, 0) is 69.6 Å².